The van der Waals surface area contributed by atoms with Crippen LogP contribution in [-0.2, 0) is 4.79 Å². The van der Waals surface area contributed by atoms with Crippen molar-refractivity contribution in [2.45, 2.75) is 51.1 Å². The lowest BCUT2D eigenvalue weighted by molar-refractivity contribution is -0.137. The van der Waals surface area contributed by atoms with E-state index in [0.29, 0.717) is 38.0 Å². The number of rotatable bonds is 6. The summed E-state index contributed by atoms with van der Waals surface area (Å²) >= 11 is 0. The molecule has 0 radical (unpaired) electrons. The van der Waals surface area contributed by atoms with Crippen molar-refractivity contribution in [3.8, 4) is 0 Å². The predicted molar refractivity (Wildman–Crippen MR) is 134 cm³/mol. The van der Waals surface area contributed by atoms with E-state index in [1.165, 1.54) is 0 Å². The van der Waals surface area contributed by atoms with Gasteiger partial charge in [0.25, 0.3) is 0 Å². The summed E-state index contributed by atoms with van der Waals surface area (Å²) in [4.78, 5) is 47.6. The molecule has 5 N–H and O–H groups in total. The lowest BCUT2D eigenvalue weighted by Gasteiger charge is -2.42. The Morgan fingerprint density at radius 2 is 1.69 bits per heavy atom. The molecule has 3 aliphatic rings. The zero-order valence-electron chi connectivity index (χ0n) is 21.0. The van der Waals surface area contributed by atoms with Crippen LogP contribution in [0.2, 0.25) is 0 Å². The number of urea groups is 1. The van der Waals surface area contributed by atoms with Gasteiger partial charge in [0.1, 0.15) is 5.82 Å². The van der Waals surface area contributed by atoms with Crippen molar-refractivity contribution in [1.29, 1.82) is 0 Å². The van der Waals surface area contributed by atoms with Gasteiger partial charge in [-0.1, -0.05) is 0 Å². The number of piperazine rings is 1. The summed E-state index contributed by atoms with van der Waals surface area (Å²) in [7, 11) is 0. The second-order valence-electron chi connectivity index (χ2n) is 10.9. The van der Waals surface area contributed by atoms with Crippen LogP contribution >= 0.6 is 0 Å². The van der Waals surface area contributed by atoms with Gasteiger partial charge in [-0.25, -0.2) is 9.59 Å². The fourth-order valence-corrected chi connectivity index (χ4v) is 5.41. The number of anilines is 1. The highest BCUT2D eigenvalue weighted by molar-refractivity contribution is 5.89. The molecule has 0 aromatic carbocycles. The molecule has 3 amide bonds. The molecule has 1 saturated carbocycles. The third-order valence-electron chi connectivity index (χ3n) is 7.56. The lowest BCUT2D eigenvalue weighted by Crippen LogP contribution is -2.58. The van der Waals surface area contributed by atoms with E-state index in [1.807, 2.05) is 0 Å². The molecule has 0 unspecified atom stereocenters. The summed E-state index contributed by atoms with van der Waals surface area (Å²) in [5, 5.41) is 2.73. The first kappa shape index (κ1) is 25.6. The third-order valence-corrected chi connectivity index (χ3v) is 7.56. The summed E-state index contributed by atoms with van der Waals surface area (Å²) in [6.07, 6.45) is 5.89. The number of nitrogens with zero attached hydrogens (tertiary/aromatic N) is 5. The Morgan fingerprint density at radius 3 is 2.26 bits per heavy atom. The molecule has 3 fully saturated rings. The Hall–Kier alpha value is -2.50. The number of hydrogen-bond donors (Lipinski definition) is 3. The fourth-order valence-electron chi connectivity index (χ4n) is 5.41. The number of nitrogens with one attached hydrogen (secondary N) is 1. The summed E-state index contributed by atoms with van der Waals surface area (Å²) in [5.41, 5.74) is 10.4. The normalized spacial score (nSPS) is 24.2. The zero-order chi connectivity index (χ0) is 25.2. The minimum Gasteiger partial charge on any atom is -0.338 e. The van der Waals surface area contributed by atoms with Gasteiger partial charge in [-0.15, -0.1) is 0 Å². The Labute approximate surface area is 206 Å². The number of nitrogens with two attached hydrogens (primary N) is 2. The molecule has 1 aromatic rings. The second kappa shape index (κ2) is 10.6. The van der Waals surface area contributed by atoms with E-state index in [9.17, 15) is 14.4 Å². The van der Waals surface area contributed by atoms with Gasteiger partial charge in [0.15, 0.2) is 0 Å². The second-order valence-corrected chi connectivity index (χ2v) is 10.9. The van der Waals surface area contributed by atoms with Gasteiger partial charge in [0, 0.05) is 58.1 Å². The molecule has 2 aliphatic heterocycles. The molecular weight excluding hydrogens is 448 g/mol. The van der Waals surface area contributed by atoms with Gasteiger partial charge in [-0.3, -0.25) is 14.7 Å². The van der Waals surface area contributed by atoms with E-state index in [4.69, 9.17) is 11.5 Å². The Morgan fingerprint density at radius 1 is 1.06 bits per heavy atom. The molecule has 194 valence electrons. The maximum absolute atomic E-state index is 12.7. The monoisotopic (exact) mass is 488 g/mol. The SMILES string of the molecule is CC(C)(N)C(=O)N1CCN(C(=O)Nc2ccn(C3CCC(CN4CC(CN)C4)CC3)c(=O)n2)CC1. The van der Waals surface area contributed by atoms with Crippen molar-refractivity contribution in [3.05, 3.63) is 22.7 Å². The molecule has 4 rings (SSSR count). The number of carbonyl (C=O) groups excluding carboxylic acids is 2. The highest BCUT2D eigenvalue weighted by Gasteiger charge is 2.32. The molecule has 11 nitrogen and oxygen atoms in total. The van der Waals surface area contributed by atoms with Gasteiger partial charge < -0.3 is 26.2 Å². The van der Waals surface area contributed by atoms with Crippen molar-refractivity contribution >= 4 is 17.8 Å². The van der Waals surface area contributed by atoms with Crippen LogP contribution in [0.5, 0.6) is 0 Å². The molecule has 1 aliphatic carbocycles. The standard InChI is InChI=1S/C24H40N8O3/c1-24(2,26)21(33)30-9-11-31(12-10-30)22(34)27-20-7-8-32(23(35)28-20)19-5-3-17(4-6-19)14-29-15-18(13-25)16-29/h7-8,17-19H,3-6,9-16,25-26H2,1-2H3,(H,27,28,34,35). The van der Waals surface area contributed by atoms with Crippen LogP contribution in [0.3, 0.4) is 0 Å². The van der Waals surface area contributed by atoms with Gasteiger partial charge in [0.2, 0.25) is 5.91 Å². The quantitative estimate of drug-likeness (QED) is 0.522. The molecule has 11 heteroatoms. The van der Waals surface area contributed by atoms with Crippen LogP contribution in [-0.4, -0.2) is 94.1 Å². The third kappa shape index (κ3) is 6.20. The fraction of sp³-hybridized carbons (Fsp3) is 0.750. The first-order valence-electron chi connectivity index (χ1n) is 12.8. The van der Waals surface area contributed by atoms with Gasteiger partial charge in [-0.2, -0.15) is 4.98 Å². The summed E-state index contributed by atoms with van der Waals surface area (Å²) < 4.78 is 1.71. The summed E-state index contributed by atoms with van der Waals surface area (Å²) in [6.45, 7) is 9.16. The van der Waals surface area contributed by atoms with Crippen molar-refractivity contribution in [2.24, 2.45) is 23.3 Å². The van der Waals surface area contributed by atoms with Crippen LogP contribution in [0, 0.1) is 11.8 Å². The zero-order valence-corrected chi connectivity index (χ0v) is 21.0. The lowest BCUT2D eigenvalue weighted by atomic mass is 9.84. The number of hydrogen-bond acceptors (Lipinski definition) is 7. The number of carbonyl (C=O) groups is 2. The molecule has 0 spiro atoms. The Bertz CT molecular complexity index is 952. The minimum atomic E-state index is -0.930. The highest BCUT2D eigenvalue weighted by atomic mass is 16.2. The Kier molecular flexibility index (Phi) is 7.77. The average Bonchev–Trinajstić information content (AvgIpc) is 2.81. The van der Waals surface area contributed by atoms with Crippen LogP contribution < -0.4 is 22.5 Å². The molecule has 0 bridgehead atoms. The molecule has 35 heavy (non-hydrogen) atoms. The van der Waals surface area contributed by atoms with Gasteiger partial charge >= 0.3 is 11.7 Å². The first-order chi connectivity index (χ1) is 16.6. The van der Waals surface area contributed by atoms with Crippen molar-refractivity contribution in [1.82, 2.24) is 24.3 Å². The number of amides is 3. The van der Waals surface area contributed by atoms with E-state index in [-0.39, 0.29) is 29.5 Å². The predicted octanol–water partition coefficient (Wildman–Crippen LogP) is 0.279. The molecular formula is C24H40N8O3. The summed E-state index contributed by atoms with van der Waals surface area (Å²) in [6, 6.07) is 1.52. The average molecular weight is 489 g/mol. The van der Waals surface area contributed by atoms with Crippen LogP contribution in [0.25, 0.3) is 0 Å². The van der Waals surface area contributed by atoms with Crippen molar-refractivity contribution < 1.29 is 9.59 Å². The molecule has 3 heterocycles. The summed E-state index contributed by atoms with van der Waals surface area (Å²) in [5.74, 6) is 1.46. The van der Waals surface area contributed by atoms with Crippen LogP contribution in [0.1, 0.15) is 45.6 Å². The number of aromatic nitrogens is 2. The van der Waals surface area contributed by atoms with Crippen LogP contribution in [0.4, 0.5) is 10.6 Å². The minimum absolute atomic E-state index is 0.127. The van der Waals surface area contributed by atoms with E-state index < -0.39 is 5.54 Å². The van der Waals surface area contributed by atoms with E-state index in [1.54, 1.807) is 40.5 Å². The maximum Gasteiger partial charge on any atom is 0.349 e. The maximum atomic E-state index is 12.7. The van der Waals surface area contributed by atoms with E-state index >= 15 is 0 Å². The number of likely N-dealkylation sites (tertiary alicyclic amines) is 1. The van der Waals surface area contributed by atoms with Gasteiger partial charge in [0.05, 0.1) is 5.54 Å². The van der Waals surface area contributed by atoms with E-state index in [2.05, 4.69) is 15.2 Å². The van der Waals surface area contributed by atoms with Crippen LogP contribution in [0.15, 0.2) is 17.1 Å². The highest BCUT2D eigenvalue weighted by Crippen LogP contribution is 2.33. The smallest absolute Gasteiger partial charge is 0.338 e. The molecule has 0 atom stereocenters. The van der Waals surface area contributed by atoms with Crippen molar-refractivity contribution in [2.75, 3.05) is 57.7 Å². The van der Waals surface area contributed by atoms with E-state index in [0.717, 1.165) is 51.9 Å². The first-order valence-corrected chi connectivity index (χ1v) is 12.8. The molecule has 1 aromatic heterocycles. The van der Waals surface area contributed by atoms with Crippen molar-refractivity contribution in [3.63, 3.8) is 0 Å². The topological polar surface area (TPSA) is 143 Å². The Balaban J connectivity index is 1.24. The molecule has 2 saturated heterocycles. The largest absolute Gasteiger partial charge is 0.349 e. The van der Waals surface area contributed by atoms with Gasteiger partial charge in [-0.05, 0) is 64.0 Å².